The van der Waals surface area contributed by atoms with E-state index in [2.05, 4.69) is 30.2 Å². The molecule has 2 rings (SSSR count). The summed E-state index contributed by atoms with van der Waals surface area (Å²) in [6, 6.07) is 8.20. The Morgan fingerprint density at radius 2 is 1.94 bits per heavy atom. The summed E-state index contributed by atoms with van der Waals surface area (Å²) in [5.41, 5.74) is 2.83. The largest absolute Gasteiger partial charge is 0.351 e. The molecule has 18 heavy (non-hydrogen) atoms. The molecule has 0 aliphatic carbocycles. The van der Waals surface area contributed by atoms with Gasteiger partial charge in [-0.1, -0.05) is 25.5 Å². The molecular formula is C15H20N2O. The first-order chi connectivity index (χ1) is 8.47. The maximum absolute atomic E-state index is 12.1. The number of H-pyrrole nitrogens is 1. The molecule has 0 bridgehead atoms. The summed E-state index contributed by atoms with van der Waals surface area (Å²) in [6.07, 6.45) is 0. The van der Waals surface area contributed by atoms with Gasteiger partial charge in [0, 0.05) is 16.9 Å². The fourth-order valence-corrected chi connectivity index (χ4v) is 1.83. The van der Waals surface area contributed by atoms with Gasteiger partial charge in [0.1, 0.15) is 5.69 Å². The van der Waals surface area contributed by atoms with E-state index >= 15 is 0 Å². The first kappa shape index (κ1) is 12.7. The average molecular weight is 244 g/mol. The molecule has 0 saturated carbocycles. The third-order valence-electron chi connectivity index (χ3n) is 3.38. The molecule has 0 saturated heterocycles. The number of carbonyl (C=O) groups is 1. The van der Waals surface area contributed by atoms with Gasteiger partial charge in [0.2, 0.25) is 0 Å². The highest BCUT2D eigenvalue weighted by Crippen LogP contribution is 2.17. The second kappa shape index (κ2) is 4.84. The van der Waals surface area contributed by atoms with Crippen LogP contribution in [0.15, 0.2) is 24.3 Å². The minimum absolute atomic E-state index is 0.0370. The topological polar surface area (TPSA) is 44.9 Å². The maximum atomic E-state index is 12.1. The lowest BCUT2D eigenvalue weighted by Gasteiger charge is -2.16. The summed E-state index contributed by atoms with van der Waals surface area (Å²) in [5, 5.41) is 4.08. The van der Waals surface area contributed by atoms with E-state index in [9.17, 15) is 4.79 Å². The van der Waals surface area contributed by atoms with Crippen LogP contribution in [0.2, 0.25) is 0 Å². The number of aromatic nitrogens is 1. The Kier molecular flexibility index (Phi) is 3.41. The van der Waals surface area contributed by atoms with E-state index in [-0.39, 0.29) is 11.9 Å². The van der Waals surface area contributed by atoms with Gasteiger partial charge in [-0.25, -0.2) is 0 Å². The summed E-state index contributed by atoms with van der Waals surface area (Å²) in [6.45, 7) is 8.27. The number of fused-ring (bicyclic) bond motifs is 1. The molecule has 2 N–H and O–H groups in total. The van der Waals surface area contributed by atoms with Crippen LogP contribution in [0.1, 0.15) is 36.8 Å². The molecule has 3 heteroatoms. The van der Waals surface area contributed by atoms with Crippen LogP contribution in [-0.2, 0) is 0 Å². The number of amides is 1. The molecule has 0 aliphatic rings. The van der Waals surface area contributed by atoms with Gasteiger partial charge in [-0.15, -0.1) is 0 Å². The Morgan fingerprint density at radius 1 is 1.22 bits per heavy atom. The van der Waals surface area contributed by atoms with Gasteiger partial charge in [0.15, 0.2) is 0 Å². The number of benzene rings is 1. The number of aromatic amines is 1. The van der Waals surface area contributed by atoms with Crippen LogP contribution in [0.5, 0.6) is 0 Å². The summed E-state index contributed by atoms with van der Waals surface area (Å²) >= 11 is 0. The van der Waals surface area contributed by atoms with Gasteiger partial charge in [-0.3, -0.25) is 4.79 Å². The molecule has 0 aliphatic heterocycles. The zero-order chi connectivity index (χ0) is 13.3. The highest BCUT2D eigenvalue weighted by atomic mass is 16.1. The van der Waals surface area contributed by atoms with Crippen molar-refractivity contribution in [2.75, 3.05) is 0 Å². The molecule has 1 aromatic carbocycles. The Balaban J connectivity index is 2.23. The van der Waals surface area contributed by atoms with E-state index < -0.39 is 0 Å². The normalized spacial score (nSPS) is 12.9. The lowest BCUT2D eigenvalue weighted by Crippen LogP contribution is -2.36. The van der Waals surface area contributed by atoms with Crippen LogP contribution >= 0.6 is 0 Å². The second-order valence-electron chi connectivity index (χ2n) is 5.28. The molecule has 0 unspecified atom stereocenters. The van der Waals surface area contributed by atoms with Gasteiger partial charge >= 0.3 is 0 Å². The molecule has 1 aromatic heterocycles. The standard InChI is InChI=1S/C15H20N2O/c1-9(2)11(4)16-15(18)14-8-12-7-10(3)5-6-13(12)17-14/h5-9,11,17H,1-4H3,(H,16,18)/t11-/m0/s1. The molecule has 1 heterocycles. The monoisotopic (exact) mass is 244 g/mol. The van der Waals surface area contributed by atoms with Crippen molar-refractivity contribution < 1.29 is 4.79 Å². The lowest BCUT2D eigenvalue weighted by molar-refractivity contribution is 0.0926. The van der Waals surface area contributed by atoms with E-state index in [1.165, 1.54) is 5.56 Å². The van der Waals surface area contributed by atoms with E-state index in [0.29, 0.717) is 11.6 Å². The average Bonchev–Trinajstić information content (AvgIpc) is 2.71. The van der Waals surface area contributed by atoms with Crippen molar-refractivity contribution >= 4 is 16.8 Å². The fourth-order valence-electron chi connectivity index (χ4n) is 1.83. The number of nitrogens with one attached hydrogen (secondary N) is 2. The minimum atomic E-state index is -0.0370. The van der Waals surface area contributed by atoms with Gasteiger partial charge in [0.05, 0.1) is 0 Å². The number of hydrogen-bond donors (Lipinski definition) is 2. The zero-order valence-corrected chi connectivity index (χ0v) is 11.4. The number of aryl methyl sites for hydroxylation is 1. The van der Waals surface area contributed by atoms with Crippen molar-refractivity contribution in [2.45, 2.75) is 33.7 Å². The molecule has 0 spiro atoms. The molecule has 96 valence electrons. The van der Waals surface area contributed by atoms with Crippen LogP contribution in [-0.4, -0.2) is 16.9 Å². The van der Waals surface area contributed by atoms with Crippen molar-refractivity contribution in [3.63, 3.8) is 0 Å². The van der Waals surface area contributed by atoms with Crippen LogP contribution in [0.25, 0.3) is 10.9 Å². The molecule has 0 radical (unpaired) electrons. The fraction of sp³-hybridized carbons (Fsp3) is 0.400. The van der Waals surface area contributed by atoms with Gasteiger partial charge < -0.3 is 10.3 Å². The molecule has 1 atom stereocenters. The molecule has 0 fully saturated rings. The molecular weight excluding hydrogens is 224 g/mol. The quantitative estimate of drug-likeness (QED) is 0.855. The second-order valence-corrected chi connectivity index (χ2v) is 5.28. The maximum Gasteiger partial charge on any atom is 0.267 e. The number of carbonyl (C=O) groups excluding carboxylic acids is 1. The van der Waals surface area contributed by atoms with Gasteiger partial charge in [-0.2, -0.15) is 0 Å². The molecule has 2 aromatic rings. The number of hydrogen-bond acceptors (Lipinski definition) is 1. The van der Waals surface area contributed by atoms with Gasteiger partial charge in [0.25, 0.3) is 5.91 Å². The lowest BCUT2D eigenvalue weighted by atomic mass is 10.1. The SMILES string of the molecule is Cc1ccc2[nH]c(C(=O)N[C@@H](C)C(C)C)cc2c1. The van der Waals surface area contributed by atoms with Crippen molar-refractivity contribution in [3.8, 4) is 0 Å². The van der Waals surface area contributed by atoms with Crippen molar-refractivity contribution in [3.05, 3.63) is 35.5 Å². The summed E-state index contributed by atoms with van der Waals surface area (Å²) < 4.78 is 0. The third kappa shape index (κ3) is 2.55. The third-order valence-corrected chi connectivity index (χ3v) is 3.38. The first-order valence-electron chi connectivity index (χ1n) is 6.37. The first-order valence-corrected chi connectivity index (χ1v) is 6.37. The van der Waals surface area contributed by atoms with Crippen LogP contribution in [0.3, 0.4) is 0 Å². The predicted molar refractivity (Wildman–Crippen MR) is 74.8 cm³/mol. The van der Waals surface area contributed by atoms with Crippen molar-refractivity contribution in [1.82, 2.24) is 10.3 Å². The van der Waals surface area contributed by atoms with E-state index in [1.807, 2.05) is 32.0 Å². The Hall–Kier alpha value is -1.77. The highest BCUT2D eigenvalue weighted by Gasteiger charge is 2.14. The predicted octanol–water partition coefficient (Wildman–Crippen LogP) is 3.25. The van der Waals surface area contributed by atoms with Crippen LogP contribution in [0.4, 0.5) is 0 Å². The van der Waals surface area contributed by atoms with E-state index in [4.69, 9.17) is 0 Å². The Morgan fingerprint density at radius 3 is 2.61 bits per heavy atom. The Bertz CT molecular complexity index is 569. The Labute approximate surface area is 108 Å². The van der Waals surface area contributed by atoms with Crippen molar-refractivity contribution in [2.24, 2.45) is 5.92 Å². The summed E-state index contributed by atoms with van der Waals surface area (Å²) in [5.74, 6) is 0.394. The van der Waals surface area contributed by atoms with Crippen LogP contribution < -0.4 is 5.32 Å². The highest BCUT2D eigenvalue weighted by molar-refractivity contribution is 5.98. The number of rotatable bonds is 3. The molecule has 3 nitrogen and oxygen atoms in total. The summed E-state index contributed by atoms with van der Waals surface area (Å²) in [7, 11) is 0. The minimum Gasteiger partial charge on any atom is -0.351 e. The van der Waals surface area contributed by atoms with Gasteiger partial charge in [-0.05, 0) is 38.0 Å². The van der Waals surface area contributed by atoms with Crippen LogP contribution in [0, 0.1) is 12.8 Å². The molecule has 1 amide bonds. The van der Waals surface area contributed by atoms with Crippen molar-refractivity contribution in [1.29, 1.82) is 0 Å². The summed E-state index contributed by atoms with van der Waals surface area (Å²) in [4.78, 5) is 15.2. The smallest absolute Gasteiger partial charge is 0.267 e. The van der Waals surface area contributed by atoms with E-state index in [0.717, 1.165) is 10.9 Å². The zero-order valence-electron chi connectivity index (χ0n) is 11.4. The van der Waals surface area contributed by atoms with E-state index in [1.54, 1.807) is 0 Å².